The van der Waals surface area contributed by atoms with E-state index in [0.29, 0.717) is 38.4 Å². The Bertz CT molecular complexity index is 1110. The number of carbonyl (C=O) groups excluding carboxylic acids is 1. The van der Waals surface area contributed by atoms with E-state index in [9.17, 15) is 9.90 Å². The molecule has 2 aromatic rings. The summed E-state index contributed by atoms with van der Waals surface area (Å²) < 4.78 is 21.0. The fourth-order valence-corrected chi connectivity index (χ4v) is 4.12. The van der Waals surface area contributed by atoms with Crippen molar-refractivity contribution in [3.63, 3.8) is 0 Å². The third-order valence-electron chi connectivity index (χ3n) is 4.38. The topological polar surface area (TPSA) is 86.6 Å². The fraction of sp³-hybridized carbons (Fsp3) is 0.182. The van der Waals surface area contributed by atoms with Crippen LogP contribution in [-0.4, -0.2) is 44.6 Å². The van der Waals surface area contributed by atoms with E-state index >= 15 is 0 Å². The molecule has 3 rings (SSSR count). The molecule has 2 aromatic carbocycles. The van der Waals surface area contributed by atoms with Gasteiger partial charge >= 0.3 is 5.97 Å². The molecule has 0 saturated carbocycles. The second-order valence-electron chi connectivity index (χ2n) is 6.12. The molecule has 7 nitrogen and oxygen atoms in total. The summed E-state index contributed by atoms with van der Waals surface area (Å²) in [4.78, 5) is 17.2. The lowest BCUT2D eigenvalue weighted by molar-refractivity contribution is -0.135. The molecule has 1 aliphatic heterocycles. The SMILES string of the molecule is COC(=O)C1=C(O)/C(=C\c2ccc(OC)c(OC)c2OC)SC1=Nc1ccccc1Cl. The van der Waals surface area contributed by atoms with E-state index in [-0.39, 0.29) is 16.4 Å². The van der Waals surface area contributed by atoms with Crippen molar-refractivity contribution in [3.05, 3.63) is 63.2 Å². The highest BCUT2D eigenvalue weighted by Crippen LogP contribution is 2.45. The molecule has 31 heavy (non-hydrogen) atoms. The number of rotatable bonds is 6. The van der Waals surface area contributed by atoms with Crippen LogP contribution in [0.3, 0.4) is 0 Å². The third kappa shape index (κ3) is 4.50. The highest BCUT2D eigenvalue weighted by molar-refractivity contribution is 8.18. The van der Waals surface area contributed by atoms with E-state index in [4.69, 9.17) is 30.5 Å². The second-order valence-corrected chi connectivity index (χ2v) is 7.56. The number of aliphatic hydroxyl groups excluding tert-OH is 1. The number of carbonyl (C=O) groups is 1. The zero-order chi connectivity index (χ0) is 22.5. The smallest absolute Gasteiger partial charge is 0.344 e. The fourth-order valence-electron chi connectivity index (χ4n) is 2.92. The van der Waals surface area contributed by atoms with Crippen LogP contribution < -0.4 is 14.2 Å². The molecule has 0 aromatic heterocycles. The van der Waals surface area contributed by atoms with Crippen molar-refractivity contribution in [1.29, 1.82) is 0 Å². The Morgan fingerprint density at radius 1 is 1.03 bits per heavy atom. The number of hydrogen-bond acceptors (Lipinski definition) is 8. The van der Waals surface area contributed by atoms with Gasteiger partial charge in [-0.05, 0) is 30.3 Å². The van der Waals surface area contributed by atoms with Crippen LogP contribution in [-0.2, 0) is 9.53 Å². The number of para-hydroxylation sites is 1. The maximum atomic E-state index is 12.4. The Morgan fingerprint density at radius 3 is 2.35 bits per heavy atom. The van der Waals surface area contributed by atoms with Crippen molar-refractivity contribution >= 4 is 46.1 Å². The lowest BCUT2D eigenvalue weighted by atomic mass is 10.1. The Labute approximate surface area is 188 Å². The monoisotopic (exact) mass is 461 g/mol. The van der Waals surface area contributed by atoms with Gasteiger partial charge in [-0.2, -0.15) is 0 Å². The summed E-state index contributed by atoms with van der Waals surface area (Å²) in [6.07, 6.45) is 1.67. The first-order valence-corrected chi connectivity index (χ1v) is 10.2. The molecule has 1 aliphatic rings. The summed E-state index contributed by atoms with van der Waals surface area (Å²) in [5.41, 5.74) is 1.03. The average molecular weight is 462 g/mol. The standard InChI is InChI=1S/C22H20ClNO6S/c1-27-15-10-9-12(19(28-2)20(15)29-3)11-16-18(25)17(22(26)30-4)21(31-16)24-14-8-6-5-7-13(14)23/h5-11,25H,1-4H3/b16-11+,24-21?. The normalized spacial score (nSPS) is 16.0. The molecule has 0 saturated heterocycles. The number of nitrogens with zero attached hydrogens (tertiary/aromatic N) is 1. The molecular formula is C22H20ClNO6S. The molecule has 1 N–H and O–H groups in total. The predicted molar refractivity (Wildman–Crippen MR) is 122 cm³/mol. The average Bonchev–Trinajstić information content (AvgIpc) is 3.08. The van der Waals surface area contributed by atoms with Crippen LogP contribution in [0, 0.1) is 0 Å². The Morgan fingerprint density at radius 2 is 1.74 bits per heavy atom. The summed E-state index contributed by atoms with van der Waals surface area (Å²) >= 11 is 7.31. The van der Waals surface area contributed by atoms with Crippen molar-refractivity contribution in [1.82, 2.24) is 0 Å². The van der Waals surface area contributed by atoms with E-state index in [1.54, 1.807) is 42.5 Å². The van der Waals surface area contributed by atoms with Crippen molar-refractivity contribution in [3.8, 4) is 17.2 Å². The maximum absolute atomic E-state index is 12.4. The highest BCUT2D eigenvalue weighted by Gasteiger charge is 2.33. The minimum absolute atomic E-state index is 0.0434. The number of ether oxygens (including phenoxy) is 4. The number of benzene rings is 2. The van der Waals surface area contributed by atoms with E-state index in [0.717, 1.165) is 11.8 Å². The molecule has 9 heteroatoms. The number of hydrogen-bond donors (Lipinski definition) is 1. The van der Waals surface area contributed by atoms with Gasteiger partial charge in [0.25, 0.3) is 0 Å². The van der Waals surface area contributed by atoms with Crippen LogP contribution in [0.15, 0.2) is 57.6 Å². The zero-order valence-electron chi connectivity index (χ0n) is 17.3. The van der Waals surface area contributed by atoms with Gasteiger partial charge in [0, 0.05) is 5.56 Å². The quantitative estimate of drug-likeness (QED) is 0.594. The Kier molecular flexibility index (Phi) is 7.14. The Balaban J connectivity index is 2.13. The minimum atomic E-state index is -0.710. The molecule has 0 spiro atoms. The van der Waals surface area contributed by atoms with Gasteiger partial charge in [-0.3, -0.25) is 0 Å². The van der Waals surface area contributed by atoms with Gasteiger partial charge in [-0.1, -0.05) is 35.5 Å². The van der Waals surface area contributed by atoms with Crippen LogP contribution in [0.4, 0.5) is 5.69 Å². The maximum Gasteiger partial charge on any atom is 0.344 e. The summed E-state index contributed by atoms with van der Waals surface area (Å²) in [5.74, 6) is 0.359. The predicted octanol–water partition coefficient (Wildman–Crippen LogP) is 5.17. The van der Waals surface area contributed by atoms with Gasteiger partial charge in [0.1, 0.15) is 16.4 Å². The Hall–Kier alpha value is -3.10. The van der Waals surface area contributed by atoms with Crippen LogP contribution in [0.1, 0.15) is 5.56 Å². The van der Waals surface area contributed by atoms with Gasteiger partial charge in [-0.15, -0.1) is 0 Å². The largest absolute Gasteiger partial charge is 0.506 e. The molecule has 0 fully saturated rings. The molecule has 162 valence electrons. The van der Waals surface area contributed by atoms with Crippen LogP contribution in [0.25, 0.3) is 6.08 Å². The summed E-state index contributed by atoms with van der Waals surface area (Å²) in [6, 6.07) is 10.4. The first kappa shape index (κ1) is 22.6. The highest BCUT2D eigenvalue weighted by atomic mass is 35.5. The summed E-state index contributed by atoms with van der Waals surface area (Å²) in [7, 11) is 5.76. The summed E-state index contributed by atoms with van der Waals surface area (Å²) in [6.45, 7) is 0. The van der Waals surface area contributed by atoms with E-state index in [2.05, 4.69) is 4.99 Å². The van der Waals surface area contributed by atoms with Gasteiger partial charge in [0.2, 0.25) is 5.75 Å². The summed E-state index contributed by atoms with van der Waals surface area (Å²) in [5, 5.41) is 11.5. The molecular weight excluding hydrogens is 442 g/mol. The minimum Gasteiger partial charge on any atom is -0.506 e. The molecule has 1 heterocycles. The molecule has 0 aliphatic carbocycles. The van der Waals surface area contributed by atoms with Crippen molar-refractivity contribution < 1.29 is 28.8 Å². The van der Waals surface area contributed by atoms with Gasteiger partial charge in [-0.25, -0.2) is 9.79 Å². The zero-order valence-corrected chi connectivity index (χ0v) is 18.8. The lowest BCUT2D eigenvalue weighted by Gasteiger charge is -2.14. The van der Waals surface area contributed by atoms with Crippen molar-refractivity contribution in [2.45, 2.75) is 0 Å². The van der Waals surface area contributed by atoms with E-state index < -0.39 is 5.97 Å². The van der Waals surface area contributed by atoms with Crippen LogP contribution in [0.5, 0.6) is 17.2 Å². The number of aliphatic hydroxyl groups is 1. The molecule has 0 radical (unpaired) electrons. The van der Waals surface area contributed by atoms with E-state index in [1.165, 1.54) is 28.4 Å². The number of aliphatic imine (C=N–C) groups is 1. The van der Waals surface area contributed by atoms with E-state index in [1.807, 2.05) is 0 Å². The van der Waals surface area contributed by atoms with Crippen LogP contribution in [0.2, 0.25) is 5.02 Å². The first-order chi connectivity index (χ1) is 14.9. The third-order valence-corrected chi connectivity index (χ3v) is 5.72. The van der Waals surface area contributed by atoms with Gasteiger partial charge < -0.3 is 24.1 Å². The molecule has 0 atom stereocenters. The number of thioether (sulfide) groups is 1. The molecule has 0 bridgehead atoms. The number of halogens is 1. The number of esters is 1. The van der Waals surface area contributed by atoms with Gasteiger partial charge in [0.05, 0.1) is 44.1 Å². The number of methoxy groups -OCH3 is 4. The second kappa shape index (κ2) is 9.80. The van der Waals surface area contributed by atoms with Gasteiger partial charge in [0.15, 0.2) is 11.5 Å². The first-order valence-electron chi connectivity index (χ1n) is 8.99. The van der Waals surface area contributed by atoms with Crippen molar-refractivity contribution in [2.24, 2.45) is 4.99 Å². The van der Waals surface area contributed by atoms with Crippen LogP contribution >= 0.6 is 23.4 Å². The molecule has 0 amide bonds. The molecule has 0 unspecified atom stereocenters. The lowest BCUT2D eigenvalue weighted by Crippen LogP contribution is -2.10. The van der Waals surface area contributed by atoms with Crippen molar-refractivity contribution in [2.75, 3.05) is 28.4 Å².